The third kappa shape index (κ3) is 2.01. The largest absolute Gasteiger partial charge is 0.339 e. The second-order valence-corrected chi connectivity index (χ2v) is 5.03. The molecular weight excluding hydrogens is 200 g/mol. The Morgan fingerprint density at radius 1 is 1.56 bits per heavy atom. The number of rotatable bonds is 4. The normalized spacial score (nSPS) is 26.4. The van der Waals surface area contributed by atoms with Crippen molar-refractivity contribution in [1.29, 1.82) is 0 Å². The van der Waals surface area contributed by atoms with E-state index in [-0.39, 0.29) is 0 Å². The van der Waals surface area contributed by atoms with Crippen LogP contribution in [0.15, 0.2) is 12.7 Å². The molecule has 2 fully saturated rings. The Morgan fingerprint density at radius 3 is 2.81 bits per heavy atom. The summed E-state index contributed by atoms with van der Waals surface area (Å²) in [6.45, 7) is 9.41. The lowest BCUT2D eigenvalue weighted by Crippen LogP contribution is -2.36. The molecule has 0 aromatic carbocycles. The second-order valence-electron chi connectivity index (χ2n) is 5.03. The highest BCUT2D eigenvalue weighted by Gasteiger charge is 2.58. The van der Waals surface area contributed by atoms with Crippen LogP contribution in [0.2, 0.25) is 0 Å². The molecule has 90 valence electrons. The van der Waals surface area contributed by atoms with Crippen LogP contribution in [0.1, 0.15) is 26.2 Å². The summed E-state index contributed by atoms with van der Waals surface area (Å²) in [6.07, 6.45) is 5.28. The van der Waals surface area contributed by atoms with Gasteiger partial charge in [0.15, 0.2) is 0 Å². The fourth-order valence-electron chi connectivity index (χ4n) is 2.93. The van der Waals surface area contributed by atoms with E-state index < -0.39 is 0 Å². The summed E-state index contributed by atoms with van der Waals surface area (Å²) in [5, 5.41) is 3.37. The van der Waals surface area contributed by atoms with Gasteiger partial charge in [0.2, 0.25) is 5.91 Å². The van der Waals surface area contributed by atoms with Crippen molar-refractivity contribution in [3.63, 3.8) is 0 Å². The number of nitrogens with one attached hydrogen (secondary N) is 1. The first-order chi connectivity index (χ1) is 7.73. The summed E-state index contributed by atoms with van der Waals surface area (Å²) >= 11 is 0. The molecule has 1 atom stereocenters. The van der Waals surface area contributed by atoms with Gasteiger partial charge in [0.25, 0.3) is 0 Å². The molecule has 1 unspecified atom stereocenters. The van der Waals surface area contributed by atoms with Gasteiger partial charge in [0.1, 0.15) is 0 Å². The molecule has 1 saturated heterocycles. The Morgan fingerprint density at radius 2 is 2.25 bits per heavy atom. The Labute approximate surface area is 97.9 Å². The van der Waals surface area contributed by atoms with Crippen LogP contribution in [0.3, 0.4) is 0 Å². The van der Waals surface area contributed by atoms with Crippen LogP contribution in [0.4, 0.5) is 0 Å². The Hall–Kier alpha value is -0.830. The van der Waals surface area contributed by atoms with Crippen LogP contribution in [-0.4, -0.2) is 37.0 Å². The molecule has 1 heterocycles. The molecule has 0 aromatic rings. The van der Waals surface area contributed by atoms with E-state index in [0.717, 1.165) is 26.1 Å². The summed E-state index contributed by atoms with van der Waals surface area (Å²) in [5.74, 6) is 0.652. The number of carbonyl (C=O) groups is 1. The molecule has 3 nitrogen and oxygen atoms in total. The predicted octanol–water partition coefficient (Wildman–Crippen LogP) is 1.41. The molecule has 0 bridgehead atoms. The average Bonchev–Trinajstić information content (AvgIpc) is 3.00. The smallest absolute Gasteiger partial charge is 0.226 e. The minimum absolute atomic E-state index is 0.300. The molecule has 2 aliphatic rings. The topological polar surface area (TPSA) is 32.3 Å². The summed E-state index contributed by atoms with van der Waals surface area (Å²) in [6, 6.07) is 0. The Bertz CT molecular complexity index is 282. The molecule has 1 aliphatic carbocycles. The molecule has 1 spiro atoms. The molecular formula is C13H22N2O. The zero-order chi connectivity index (χ0) is 11.6. The van der Waals surface area contributed by atoms with Gasteiger partial charge in [-0.3, -0.25) is 4.79 Å². The van der Waals surface area contributed by atoms with E-state index in [2.05, 4.69) is 11.9 Å². The Kier molecular flexibility index (Phi) is 3.33. The standard InChI is InChI=1S/C13H22N2O/c1-3-9-15(4-2)12(16)11-10-13(11)5-7-14-8-6-13/h3,11,14H,1,4-10H2,2H3. The minimum atomic E-state index is 0.300. The van der Waals surface area contributed by atoms with Crippen molar-refractivity contribution >= 4 is 5.91 Å². The first-order valence-corrected chi connectivity index (χ1v) is 6.34. The number of hydrogen-bond donors (Lipinski definition) is 1. The maximum absolute atomic E-state index is 12.3. The van der Waals surface area contributed by atoms with E-state index in [4.69, 9.17) is 0 Å². The lowest BCUT2D eigenvalue weighted by molar-refractivity contribution is -0.132. The zero-order valence-electron chi connectivity index (χ0n) is 10.2. The van der Waals surface area contributed by atoms with E-state index in [9.17, 15) is 4.79 Å². The van der Waals surface area contributed by atoms with Gasteiger partial charge in [0, 0.05) is 19.0 Å². The minimum Gasteiger partial charge on any atom is -0.339 e. The third-order valence-electron chi connectivity index (χ3n) is 4.13. The Balaban J connectivity index is 1.94. The predicted molar refractivity (Wildman–Crippen MR) is 65.1 cm³/mol. The van der Waals surface area contributed by atoms with Crippen molar-refractivity contribution in [2.24, 2.45) is 11.3 Å². The summed E-state index contributed by atoms with van der Waals surface area (Å²) in [5.41, 5.74) is 0.358. The van der Waals surface area contributed by atoms with E-state index in [1.54, 1.807) is 0 Å². The van der Waals surface area contributed by atoms with E-state index in [1.807, 2.05) is 17.9 Å². The summed E-state index contributed by atoms with van der Waals surface area (Å²) in [7, 11) is 0. The molecule has 16 heavy (non-hydrogen) atoms. The SMILES string of the molecule is C=CCN(CC)C(=O)C1CC12CCNCC2. The van der Waals surface area contributed by atoms with E-state index >= 15 is 0 Å². The van der Waals surface area contributed by atoms with Crippen LogP contribution in [0.5, 0.6) is 0 Å². The number of hydrogen-bond acceptors (Lipinski definition) is 2. The van der Waals surface area contributed by atoms with Crippen LogP contribution < -0.4 is 5.32 Å². The van der Waals surface area contributed by atoms with Gasteiger partial charge in [-0.05, 0) is 44.7 Å². The molecule has 0 radical (unpaired) electrons. The number of carbonyl (C=O) groups excluding carboxylic acids is 1. The molecule has 1 N–H and O–H groups in total. The fourth-order valence-corrected chi connectivity index (χ4v) is 2.93. The number of piperidine rings is 1. The van der Waals surface area contributed by atoms with Crippen LogP contribution in [-0.2, 0) is 4.79 Å². The van der Waals surface area contributed by atoms with Gasteiger partial charge in [-0.2, -0.15) is 0 Å². The van der Waals surface area contributed by atoms with E-state index in [0.29, 0.717) is 23.8 Å². The monoisotopic (exact) mass is 222 g/mol. The summed E-state index contributed by atoms with van der Waals surface area (Å²) < 4.78 is 0. The summed E-state index contributed by atoms with van der Waals surface area (Å²) in [4.78, 5) is 14.2. The van der Waals surface area contributed by atoms with Crippen LogP contribution in [0.25, 0.3) is 0 Å². The van der Waals surface area contributed by atoms with Gasteiger partial charge in [0.05, 0.1) is 0 Å². The first-order valence-electron chi connectivity index (χ1n) is 6.34. The molecule has 1 amide bonds. The van der Waals surface area contributed by atoms with Gasteiger partial charge >= 0.3 is 0 Å². The molecule has 2 rings (SSSR count). The van der Waals surface area contributed by atoms with Crippen molar-refractivity contribution in [3.8, 4) is 0 Å². The van der Waals surface area contributed by atoms with Gasteiger partial charge in [-0.1, -0.05) is 6.08 Å². The maximum atomic E-state index is 12.3. The van der Waals surface area contributed by atoms with Crippen molar-refractivity contribution in [2.75, 3.05) is 26.2 Å². The van der Waals surface area contributed by atoms with Crippen molar-refractivity contribution in [2.45, 2.75) is 26.2 Å². The zero-order valence-corrected chi connectivity index (χ0v) is 10.2. The maximum Gasteiger partial charge on any atom is 0.226 e. The lowest BCUT2D eigenvalue weighted by atomic mass is 9.91. The molecule has 3 heteroatoms. The van der Waals surface area contributed by atoms with Gasteiger partial charge < -0.3 is 10.2 Å². The molecule has 1 saturated carbocycles. The van der Waals surface area contributed by atoms with Crippen LogP contribution >= 0.6 is 0 Å². The fraction of sp³-hybridized carbons (Fsp3) is 0.769. The molecule has 0 aromatic heterocycles. The van der Waals surface area contributed by atoms with E-state index in [1.165, 1.54) is 12.8 Å². The highest BCUT2D eigenvalue weighted by Crippen LogP contribution is 2.59. The molecule has 1 aliphatic heterocycles. The van der Waals surface area contributed by atoms with Gasteiger partial charge in [-0.25, -0.2) is 0 Å². The lowest BCUT2D eigenvalue weighted by Gasteiger charge is -2.25. The van der Waals surface area contributed by atoms with Crippen molar-refractivity contribution < 1.29 is 4.79 Å². The average molecular weight is 222 g/mol. The number of nitrogens with zero attached hydrogens (tertiary/aromatic N) is 1. The first kappa shape index (κ1) is 11.6. The van der Waals surface area contributed by atoms with Gasteiger partial charge in [-0.15, -0.1) is 6.58 Å². The number of likely N-dealkylation sites (N-methyl/N-ethyl adjacent to an activating group) is 1. The van der Waals surface area contributed by atoms with Crippen molar-refractivity contribution in [1.82, 2.24) is 10.2 Å². The van der Waals surface area contributed by atoms with Crippen molar-refractivity contribution in [3.05, 3.63) is 12.7 Å². The highest BCUT2D eigenvalue weighted by atomic mass is 16.2. The highest BCUT2D eigenvalue weighted by molar-refractivity contribution is 5.82. The quantitative estimate of drug-likeness (QED) is 0.729. The number of amides is 1. The van der Waals surface area contributed by atoms with Crippen LogP contribution in [0, 0.1) is 11.3 Å². The third-order valence-corrected chi connectivity index (χ3v) is 4.13. The second kappa shape index (κ2) is 4.58.